The molecule has 10 heavy (non-hydrogen) atoms. The molecule has 2 atom stereocenters. The number of ketones is 2. The van der Waals surface area contributed by atoms with Crippen LogP contribution in [0.15, 0.2) is 0 Å². The number of hydrogen-bond donors (Lipinski definition) is 0. The van der Waals surface area contributed by atoms with Gasteiger partial charge in [0.1, 0.15) is 6.10 Å². The number of carbonyl (C=O) groups excluding carboxylic acids is 2. The summed E-state index contributed by atoms with van der Waals surface area (Å²) in [6.45, 7) is 4.01. The molecule has 0 aromatic rings. The lowest BCUT2D eigenvalue weighted by Crippen LogP contribution is -2.52. The van der Waals surface area contributed by atoms with Crippen LogP contribution in [0.25, 0.3) is 0 Å². The standard InChI is InChI=1S/C7H10O3/c1-3-10-7-4(2)5(8)6(7)9/h4,7H,3H2,1-2H3. The van der Waals surface area contributed by atoms with Crippen molar-refractivity contribution in [3.8, 4) is 0 Å². The Hall–Kier alpha value is -0.700. The molecule has 0 spiro atoms. The highest BCUT2D eigenvalue weighted by Gasteiger charge is 2.46. The predicted molar refractivity (Wildman–Crippen MR) is 34.6 cm³/mol. The van der Waals surface area contributed by atoms with Gasteiger partial charge in [0.05, 0.1) is 5.92 Å². The molecule has 0 amide bonds. The molecule has 1 aliphatic rings. The molecule has 1 fully saturated rings. The lowest BCUT2D eigenvalue weighted by molar-refractivity contribution is -0.161. The summed E-state index contributed by atoms with van der Waals surface area (Å²) < 4.78 is 5.00. The molecule has 0 bridgehead atoms. The van der Waals surface area contributed by atoms with Crippen LogP contribution in [0.3, 0.4) is 0 Å². The van der Waals surface area contributed by atoms with Gasteiger partial charge in [0.25, 0.3) is 0 Å². The van der Waals surface area contributed by atoms with E-state index >= 15 is 0 Å². The van der Waals surface area contributed by atoms with Gasteiger partial charge in [-0.3, -0.25) is 9.59 Å². The normalized spacial score (nSPS) is 32.2. The van der Waals surface area contributed by atoms with Crippen LogP contribution in [-0.4, -0.2) is 24.3 Å². The van der Waals surface area contributed by atoms with Crippen LogP contribution in [-0.2, 0) is 14.3 Å². The van der Waals surface area contributed by atoms with Gasteiger partial charge in [-0.2, -0.15) is 0 Å². The second-order valence-corrected chi connectivity index (χ2v) is 2.39. The van der Waals surface area contributed by atoms with Crippen LogP contribution in [0.2, 0.25) is 0 Å². The van der Waals surface area contributed by atoms with Crippen molar-refractivity contribution in [3.05, 3.63) is 0 Å². The van der Waals surface area contributed by atoms with E-state index < -0.39 is 6.10 Å². The van der Waals surface area contributed by atoms with Crippen molar-refractivity contribution < 1.29 is 14.3 Å². The molecule has 0 aromatic carbocycles. The van der Waals surface area contributed by atoms with Gasteiger partial charge in [0, 0.05) is 6.61 Å². The summed E-state index contributed by atoms with van der Waals surface area (Å²) in [4.78, 5) is 21.3. The minimum Gasteiger partial charge on any atom is -0.369 e. The third kappa shape index (κ3) is 0.865. The second kappa shape index (κ2) is 2.50. The van der Waals surface area contributed by atoms with E-state index in [1.54, 1.807) is 6.92 Å². The van der Waals surface area contributed by atoms with Crippen LogP contribution >= 0.6 is 0 Å². The highest BCUT2D eigenvalue weighted by molar-refractivity contribution is 6.46. The molecule has 0 radical (unpaired) electrons. The topological polar surface area (TPSA) is 43.4 Å². The maximum absolute atomic E-state index is 10.7. The summed E-state index contributed by atoms with van der Waals surface area (Å²) >= 11 is 0. The summed E-state index contributed by atoms with van der Waals surface area (Å²) in [5.41, 5.74) is 0. The second-order valence-electron chi connectivity index (χ2n) is 2.39. The van der Waals surface area contributed by atoms with Gasteiger partial charge in [0.2, 0.25) is 11.6 Å². The Labute approximate surface area is 59.4 Å². The summed E-state index contributed by atoms with van der Waals surface area (Å²) in [5, 5.41) is 0. The van der Waals surface area contributed by atoms with Crippen molar-refractivity contribution in [1.82, 2.24) is 0 Å². The van der Waals surface area contributed by atoms with Crippen LogP contribution in [0.4, 0.5) is 0 Å². The third-order valence-corrected chi connectivity index (χ3v) is 1.72. The smallest absolute Gasteiger partial charge is 0.228 e. The Morgan fingerprint density at radius 3 is 2.40 bits per heavy atom. The fraction of sp³-hybridized carbons (Fsp3) is 0.714. The van der Waals surface area contributed by atoms with E-state index in [1.165, 1.54) is 0 Å². The van der Waals surface area contributed by atoms with Crippen molar-refractivity contribution in [1.29, 1.82) is 0 Å². The average Bonchev–Trinajstić information content (AvgIpc) is 1.98. The molecular weight excluding hydrogens is 132 g/mol. The molecule has 0 saturated heterocycles. The van der Waals surface area contributed by atoms with Crippen molar-refractivity contribution in [2.24, 2.45) is 5.92 Å². The molecule has 0 aliphatic heterocycles. The van der Waals surface area contributed by atoms with Crippen molar-refractivity contribution >= 4 is 11.6 Å². The van der Waals surface area contributed by atoms with Crippen LogP contribution in [0, 0.1) is 5.92 Å². The Morgan fingerprint density at radius 2 is 2.00 bits per heavy atom. The number of Topliss-reactive ketones (excluding diaryl/α,β-unsaturated/α-hetero) is 2. The first kappa shape index (κ1) is 7.41. The SMILES string of the molecule is CCOC1C(=O)C(=O)C1C. The lowest BCUT2D eigenvalue weighted by Gasteiger charge is -2.29. The van der Waals surface area contributed by atoms with Gasteiger partial charge in [-0.05, 0) is 6.92 Å². The third-order valence-electron chi connectivity index (χ3n) is 1.72. The van der Waals surface area contributed by atoms with E-state index in [9.17, 15) is 9.59 Å². The maximum atomic E-state index is 10.7. The summed E-state index contributed by atoms with van der Waals surface area (Å²) in [6.07, 6.45) is -0.447. The van der Waals surface area contributed by atoms with Crippen LogP contribution < -0.4 is 0 Å². The van der Waals surface area contributed by atoms with Gasteiger partial charge in [-0.15, -0.1) is 0 Å². The summed E-state index contributed by atoms with van der Waals surface area (Å²) in [6, 6.07) is 0. The Kier molecular flexibility index (Phi) is 1.85. The van der Waals surface area contributed by atoms with Crippen molar-refractivity contribution in [2.45, 2.75) is 20.0 Å². The lowest BCUT2D eigenvalue weighted by atomic mass is 9.80. The minimum absolute atomic E-state index is 0.215. The number of ether oxygens (including phenoxy) is 1. The molecule has 56 valence electrons. The number of rotatable bonds is 2. The Morgan fingerprint density at radius 1 is 1.40 bits per heavy atom. The summed E-state index contributed by atoms with van der Waals surface area (Å²) in [5.74, 6) is -0.875. The molecule has 1 rings (SSSR count). The quantitative estimate of drug-likeness (QED) is 0.516. The number of hydrogen-bond acceptors (Lipinski definition) is 3. The molecule has 0 N–H and O–H groups in total. The highest BCUT2D eigenvalue weighted by Crippen LogP contribution is 2.21. The van der Waals surface area contributed by atoms with E-state index in [4.69, 9.17) is 4.74 Å². The Balaban J connectivity index is 2.49. The molecule has 1 saturated carbocycles. The van der Waals surface area contributed by atoms with E-state index in [2.05, 4.69) is 0 Å². The van der Waals surface area contributed by atoms with Crippen LogP contribution in [0.1, 0.15) is 13.8 Å². The molecule has 1 aliphatic carbocycles. The molecule has 3 nitrogen and oxygen atoms in total. The largest absolute Gasteiger partial charge is 0.369 e. The predicted octanol–water partition coefficient (Wildman–Crippen LogP) is 0.179. The first-order chi connectivity index (χ1) is 4.68. The summed E-state index contributed by atoms with van der Waals surface area (Å²) in [7, 11) is 0. The van der Waals surface area contributed by atoms with E-state index in [0.717, 1.165) is 0 Å². The first-order valence-electron chi connectivity index (χ1n) is 3.38. The average molecular weight is 142 g/mol. The molecule has 3 heteroatoms. The fourth-order valence-electron chi connectivity index (χ4n) is 1.03. The van der Waals surface area contributed by atoms with E-state index in [1.807, 2.05) is 6.92 Å². The zero-order valence-electron chi connectivity index (χ0n) is 6.09. The van der Waals surface area contributed by atoms with Crippen molar-refractivity contribution in [3.63, 3.8) is 0 Å². The molecule has 2 unspecified atom stereocenters. The first-order valence-corrected chi connectivity index (χ1v) is 3.38. The zero-order chi connectivity index (χ0) is 7.72. The van der Waals surface area contributed by atoms with Crippen LogP contribution in [0.5, 0.6) is 0 Å². The monoisotopic (exact) mass is 142 g/mol. The molecule has 0 aromatic heterocycles. The van der Waals surface area contributed by atoms with Gasteiger partial charge in [-0.25, -0.2) is 0 Å². The highest BCUT2D eigenvalue weighted by atomic mass is 16.5. The number of carbonyl (C=O) groups is 2. The molecular formula is C7H10O3. The van der Waals surface area contributed by atoms with Gasteiger partial charge in [-0.1, -0.05) is 6.92 Å². The van der Waals surface area contributed by atoms with Crippen molar-refractivity contribution in [2.75, 3.05) is 6.61 Å². The maximum Gasteiger partial charge on any atom is 0.228 e. The fourth-order valence-corrected chi connectivity index (χ4v) is 1.03. The Bertz CT molecular complexity index is 174. The van der Waals surface area contributed by atoms with Gasteiger partial charge >= 0.3 is 0 Å². The van der Waals surface area contributed by atoms with Gasteiger partial charge < -0.3 is 4.74 Å². The zero-order valence-corrected chi connectivity index (χ0v) is 6.09. The van der Waals surface area contributed by atoms with E-state index in [-0.39, 0.29) is 17.5 Å². The molecule has 0 heterocycles. The minimum atomic E-state index is -0.447. The van der Waals surface area contributed by atoms with Gasteiger partial charge in [0.15, 0.2) is 0 Å². The van der Waals surface area contributed by atoms with E-state index in [0.29, 0.717) is 6.61 Å².